The summed E-state index contributed by atoms with van der Waals surface area (Å²) in [5.41, 5.74) is 7.80. The van der Waals surface area contributed by atoms with Crippen molar-refractivity contribution in [2.75, 3.05) is 20.2 Å². The van der Waals surface area contributed by atoms with Gasteiger partial charge in [0.2, 0.25) is 5.91 Å². The van der Waals surface area contributed by atoms with Crippen LogP contribution in [0.2, 0.25) is 0 Å². The molecule has 0 aliphatic heterocycles. The van der Waals surface area contributed by atoms with E-state index in [1.54, 1.807) is 12.1 Å². The highest BCUT2D eigenvalue weighted by Crippen LogP contribution is 2.14. The molecule has 2 aromatic rings. The number of likely N-dealkylation sites (N-methyl/N-ethyl adjacent to an activating group) is 1. The number of hydrogen-bond acceptors (Lipinski definition) is 6. The maximum Gasteiger partial charge on any atom is 0.255 e. The van der Waals surface area contributed by atoms with Crippen molar-refractivity contribution in [3.8, 4) is 5.75 Å². The third kappa shape index (κ3) is 5.89. The molecular formula is C18H24N4O4. The van der Waals surface area contributed by atoms with Crippen molar-refractivity contribution < 1.29 is 18.8 Å². The highest BCUT2D eigenvalue weighted by Gasteiger charge is 2.13. The number of aryl methyl sites for hydroxylation is 2. The van der Waals surface area contributed by atoms with Gasteiger partial charge in [-0.3, -0.25) is 14.5 Å². The minimum absolute atomic E-state index is 0.0756. The van der Waals surface area contributed by atoms with Crippen molar-refractivity contribution in [2.45, 2.75) is 26.9 Å². The summed E-state index contributed by atoms with van der Waals surface area (Å²) in [7, 11) is 1.87. The summed E-state index contributed by atoms with van der Waals surface area (Å²) < 4.78 is 10.3. The fourth-order valence-electron chi connectivity index (χ4n) is 2.41. The van der Waals surface area contributed by atoms with Crippen LogP contribution in [0.15, 0.2) is 28.8 Å². The normalized spacial score (nSPS) is 10.8. The maximum atomic E-state index is 12.1. The number of carbonyl (C=O) groups excluding carboxylic acids is 2. The lowest BCUT2D eigenvalue weighted by Gasteiger charge is -2.16. The summed E-state index contributed by atoms with van der Waals surface area (Å²) >= 11 is 0. The lowest BCUT2D eigenvalue weighted by atomic mass is 10.2. The van der Waals surface area contributed by atoms with Gasteiger partial charge >= 0.3 is 0 Å². The van der Waals surface area contributed by atoms with Gasteiger partial charge in [0.15, 0.2) is 6.61 Å². The van der Waals surface area contributed by atoms with Crippen LogP contribution in [0.1, 0.15) is 22.6 Å². The second-order valence-corrected chi connectivity index (χ2v) is 6.15. The molecular weight excluding hydrogens is 336 g/mol. The lowest BCUT2D eigenvalue weighted by Crippen LogP contribution is -2.34. The van der Waals surface area contributed by atoms with Gasteiger partial charge in [0.05, 0.1) is 12.2 Å². The van der Waals surface area contributed by atoms with Crippen molar-refractivity contribution >= 4 is 11.8 Å². The number of nitrogens with one attached hydrogen (secondary N) is 1. The Hall–Kier alpha value is -2.87. The van der Waals surface area contributed by atoms with Gasteiger partial charge in [-0.1, -0.05) is 17.3 Å². The van der Waals surface area contributed by atoms with Crippen molar-refractivity contribution in [1.29, 1.82) is 0 Å². The third-order valence-corrected chi connectivity index (χ3v) is 3.82. The number of benzene rings is 1. The summed E-state index contributed by atoms with van der Waals surface area (Å²) in [5.74, 6) is 0.724. The average Bonchev–Trinajstić information content (AvgIpc) is 2.91. The molecule has 8 heteroatoms. The maximum absolute atomic E-state index is 12.1. The fraction of sp³-hybridized carbons (Fsp3) is 0.389. The van der Waals surface area contributed by atoms with Gasteiger partial charge in [0.25, 0.3) is 5.91 Å². The molecule has 0 aliphatic rings. The van der Waals surface area contributed by atoms with Crippen molar-refractivity contribution in [2.24, 2.45) is 5.73 Å². The Morgan fingerprint density at radius 3 is 2.54 bits per heavy atom. The summed E-state index contributed by atoms with van der Waals surface area (Å²) in [6.07, 6.45) is 0. The minimum Gasteiger partial charge on any atom is -0.484 e. The topological polar surface area (TPSA) is 111 Å². The molecule has 0 aliphatic carbocycles. The predicted molar refractivity (Wildman–Crippen MR) is 95.3 cm³/mol. The van der Waals surface area contributed by atoms with E-state index in [0.29, 0.717) is 18.8 Å². The van der Waals surface area contributed by atoms with Crippen LogP contribution in [0, 0.1) is 13.8 Å². The molecule has 26 heavy (non-hydrogen) atoms. The largest absolute Gasteiger partial charge is 0.484 e. The van der Waals surface area contributed by atoms with Gasteiger partial charge in [0.1, 0.15) is 11.5 Å². The quantitative estimate of drug-likeness (QED) is 0.687. The van der Waals surface area contributed by atoms with Crippen LogP contribution in [-0.2, 0) is 22.7 Å². The average molecular weight is 360 g/mol. The Morgan fingerprint density at radius 2 is 1.96 bits per heavy atom. The summed E-state index contributed by atoms with van der Waals surface area (Å²) in [6, 6.07) is 7.11. The third-order valence-electron chi connectivity index (χ3n) is 3.82. The van der Waals surface area contributed by atoms with Crippen LogP contribution in [0.25, 0.3) is 0 Å². The van der Waals surface area contributed by atoms with E-state index >= 15 is 0 Å². The number of primary amides is 1. The summed E-state index contributed by atoms with van der Waals surface area (Å²) in [6.45, 7) is 4.86. The molecule has 0 atom stereocenters. The van der Waals surface area contributed by atoms with Crippen LogP contribution in [0.4, 0.5) is 0 Å². The van der Waals surface area contributed by atoms with Crippen LogP contribution in [-0.4, -0.2) is 42.1 Å². The van der Waals surface area contributed by atoms with E-state index in [9.17, 15) is 9.59 Å². The number of nitrogens with two attached hydrogens (primary N) is 1. The van der Waals surface area contributed by atoms with Gasteiger partial charge in [-0.15, -0.1) is 0 Å². The van der Waals surface area contributed by atoms with Gasteiger partial charge in [0, 0.05) is 18.7 Å². The van der Waals surface area contributed by atoms with Crippen LogP contribution in [0.3, 0.4) is 0 Å². The van der Waals surface area contributed by atoms with E-state index in [4.69, 9.17) is 15.0 Å². The van der Waals surface area contributed by atoms with E-state index in [1.165, 1.54) is 0 Å². The monoisotopic (exact) mass is 360 g/mol. The molecule has 0 bridgehead atoms. The van der Waals surface area contributed by atoms with E-state index < -0.39 is 5.91 Å². The molecule has 2 rings (SSSR count). The number of carbonyl (C=O) groups is 2. The highest BCUT2D eigenvalue weighted by atomic mass is 16.5. The number of amides is 2. The van der Waals surface area contributed by atoms with E-state index in [1.807, 2.05) is 37.9 Å². The van der Waals surface area contributed by atoms with Gasteiger partial charge in [-0.05, 0) is 38.6 Å². The zero-order valence-electron chi connectivity index (χ0n) is 15.2. The molecule has 1 aromatic heterocycles. The van der Waals surface area contributed by atoms with Crippen molar-refractivity contribution in [1.82, 2.24) is 15.4 Å². The predicted octanol–water partition coefficient (Wildman–Crippen LogP) is 0.904. The molecule has 140 valence electrons. The fourth-order valence-corrected chi connectivity index (χ4v) is 2.41. The number of ether oxygens (including phenoxy) is 1. The molecule has 8 nitrogen and oxygen atoms in total. The van der Waals surface area contributed by atoms with E-state index in [2.05, 4.69) is 10.5 Å². The Balaban J connectivity index is 1.76. The van der Waals surface area contributed by atoms with Gasteiger partial charge < -0.3 is 20.3 Å². The SMILES string of the molecule is Cc1noc(C)c1CN(C)CC(=O)NCc1ccc(OCC(N)=O)cc1. The van der Waals surface area contributed by atoms with Crippen molar-refractivity contribution in [3.05, 3.63) is 46.8 Å². The molecule has 3 N–H and O–H groups in total. The second kappa shape index (κ2) is 9.00. The molecule has 0 fully saturated rings. The van der Waals surface area contributed by atoms with Gasteiger partial charge in [-0.2, -0.15) is 0 Å². The van der Waals surface area contributed by atoms with Gasteiger partial charge in [-0.25, -0.2) is 0 Å². The van der Waals surface area contributed by atoms with Crippen LogP contribution >= 0.6 is 0 Å². The zero-order valence-corrected chi connectivity index (χ0v) is 15.2. The number of hydrogen-bond donors (Lipinski definition) is 2. The Bertz CT molecular complexity index is 736. The first-order valence-electron chi connectivity index (χ1n) is 8.22. The molecule has 0 saturated heterocycles. The number of rotatable bonds is 9. The summed E-state index contributed by atoms with van der Waals surface area (Å²) in [5, 5.41) is 6.79. The molecule has 0 spiro atoms. The molecule has 1 heterocycles. The Kier molecular flexibility index (Phi) is 6.74. The first kappa shape index (κ1) is 19.5. The minimum atomic E-state index is -0.526. The first-order chi connectivity index (χ1) is 12.3. The van der Waals surface area contributed by atoms with E-state index in [0.717, 1.165) is 22.6 Å². The molecule has 0 unspecified atom stereocenters. The Morgan fingerprint density at radius 1 is 1.27 bits per heavy atom. The molecule has 2 amide bonds. The number of aromatic nitrogens is 1. The molecule has 1 aromatic carbocycles. The summed E-state index contributed by atoms with van der Waals surface area (Å²) in [4.78, 5) is 24.7. The Labute approximate surface area is 152 Å². The lowest BCUT2D eigenvalue weighted by molar-refractivity contribution is -0.122. The van der Waals surface area contributed by atoms with E-state index in [-0.39, 0.29) is 19.1 Å². The number of nitrogens with zero attached hydrogens (tertiary/aromatic N) is 2. The highest BCUT2D eigenvalue weighted by molar-refractivity contribution is 5.78. The van der Waals surface area contributed by atoms with Crippen molar-refractivity contribution in [3.63, 3.8) is 0 Å². The first-order valence-corrected chi connectivity index (χ1v) is 8.22. The van der Waals surface area contributed by atoms with Crippen LogP contribution in [0.5, 0.6) is 5.75 Å². The zero-order chi connectivity index (χ0) is 19.1. The molecule has 0 saturated carbocycles. The smallest absolute Gasteiger partial charge is 0.255 e. The molecule has 0 radical (unpaired) electrons. The van der Waals surface area contributed by atoms with Crippen LogP contribution < -0.4 is 15.8 Å². The standard InChI is InChI=1S/C18H24N4O4/c1-12-16(13(2)26-21-12)9-22(3)10-18(24)20-8-14-4-6-15(7-5-14)25-11-17(19)23/h4-7H,8-11H2,1-3H3,(H2,19,23)(H,20,24). The second-order valence-electron chi connectivity index (χ2n) is 6.15.